The van der Waals surface area contributed by atoms with Crippen LogP contribution in [0.4, 0.5) is 5.69 Å². The van der Waals surface area contributed by atoms with Crippen LogP contribution in [0.3, 0.4) is 0 Å². The highest BCUT2D eigenvalue weighted by Crippen LogP contribution is 2.36. The van der Waals surface area contributed by atoms with E-state index in [2.05, 4.69) is 6.07 Å². The van der Waals surface area contributed by atoms with Gasteiger partial charge in [0.1, 0.15) is 15.7 Å². The molecular formula is C19H15NO3S2. The Morgan fingerprint density at radius 1 is 1.28 bits per heavy atom. The maximum atomic E-state index is 11.9. The minimum absolute atomic E-state index is 0.129. The zero-order valence-corrected chi connectivity index (χ0v) is 15.1. The number of phenolic OH excluding ortho intramolecular Hbond substituents is 1. The summed E-state index contributed by atoms with van der Waals surface area (Å²) in [4.78, 5) is 16.6. The molecule has 0 radical (unpaired) electrons. The van der Waals surface area contributed by atoms with Gasteiger partial charge >= 0.3 is 5.63 Å². The second-order valence-corrected chi connectivity index (χ2v) is 7.95. The summed E-state index contributed by atoms with van der Waals surface area (Å²) in [6, 6.07) is 13.1. The van der Waals surface area contributed by atoms with Crippen LogP contribution in [0.5, 0.6) is 5.75 Å². The zero-order valence-electron chi connectivity index (χ0n) is 13.5. The number of rotatable bonds is 2. The number of aryl methyl sites for hydroxylation is 1. The lowest BCUT2D eigenvalue weighted by molar-refractivity contribution is 0.468. The molecule has 25 heavy (non-hydrogen) atoms. The molecule has 0 saturated heterocycles. The van der Waals surface area contributed by atoms with Crippen molar-refractivity contribution >= 4 is 44.6 Å². The Balaban J connectivity index is 1.65. The van der Waals surface area contributed by atoms with Crippen LogP contribution in [0.2, 0.25) is 0 Å². The van der Waals surface area contributed by atoms with Crippen molar-refractivity contribution in [3.8, 4) is 5.75 Å². The van der Waals surface area contributed by atoms with E-state index in [9.17, 15) is 9.90 Å². The van der Waals surface area contributed by atoms with Crippen LogP contribution in [0, 0.1) is 6.92 Å². The summed E-state index contributed by atoms with van der Waals surface area (Å²) >= 11 is 3.33. The highest BCUT2D eigenvalue weighted by atomic mass is 32.2. The van der Waals surface area contributed by atoms with Gasteiger partial charge in [0.15, 0.2) is 0 Å². The lowest BCUT2D eigenvalue weighted by Gasteiger charge is -2.14. The van der Waals surface area contributed by atoms with Gasteiger partial charge in [0, 0.05) is 28.5 Å². The van der Waals surface area contributed by atoms with Crippen LogP contribution in [-0.4, -0.2) is 9.48 Å². The smallest absolute Gasteiger partial charge is 0.336 e. The molecule has 0 aliphatic carbocycles. The van der Waals surface area contributed by atoms with Gasteiger partial charge in [0.25, 0.3) is 0 Å². The van der Waals surface area contributed by atoms with Crippen molar-refractivity contribution in [2.24, 2.45) is 4.99 Å². The van der Waals surface area contributed by atoms with Gasteiger partial charge in [-0.25, -0.2) is 9.79 Å². The number of phenols is 1. The van der Waals surface area contributed by atoms with E-state index in [0.29, 0.717) is 16.9 Å². The Morgan fingerprint density at radius 3 is 3.00 bits per heavy atom. The average molecular weight is 369 g/mol. The minimum Gasteiger partial charge on any atom is -0.508 e. The molecule has 0 amide bonds. The molecule has 126 valence electrons. The fraction of sp³-hybridized carbons (Fsp3) is 0.158. The predicted octanol–water partition coefficient (Wildman–Crippen LogP) is 4.97. The van der Waals surface area contributed by atoms with Gasteiger partial charge in [0.2, 0.25) is 0 Å². The largest absolute Gasteiger partial charge is 0.508 e. The summed E-state index contributed by atoms with van der Waals surface area (Å²) in [6.07, 6.45) is 0. The molecule has 1 aromatic heterocycles. The maximum Gasteiger partial charge on any atom is 0.336 e. The van der Waals surface area contributed by atoms with Crippen molar-refractivity contribution in [3.05, 3.63) is 69.6 Å². The first-order valence-corrected chi connectivity index (χ1v) is 9.76. The topological polar surface area (TPSA) is 62.8 Å². The van der Waals surface area contributed by atoms with Gasteiger partial charge in [-0.05, 0) is 36.2 Å². The third kappa shape index (κ3) is 3.19. The van der Waals surface area contributed by atoms with Crippen molar-refractivity contribution in [1.29, 1.82) is 0 Å². The van der Waals surface area contributed by atoms with Gasteiger partial charge in [-0.1, -0.05) is 41.7 Å². The summed E-state index contributed by atoms with van der Waals surface area (Å²) in [5.74, 6) is 1.66. The summed E-state index contributed by atoms with van der Waals surface area (Å²) < 4.78 is 6.29. The monoisotopic (exact) mass is 369 g/mol. The Labute approximate surface area is 153 Å². The molecule has 0 bridgehead atoms. The first kappa shape index (κ1) is 16.3. The first-order chi connectivity index (χ1) is 12.1. The Morgan fingerprint density at radius 2 is 2.12 bits per heavy atom. The molecule has 1 aliphatic heterocycles. The fourth-order valence-corrected chi connectivity index (χ4v) is 4.81. The summed E-state index contributed by atoms with van der Waals surface area (Å²) in [5, 5.41) is 10.7. The van der Waals surface area contributed by atoms with Gasteiger partial charge in [-0.15, -0.1) is 0 Å². The lowest BCUT2D eigenvalue weighted by Crippen LogP contribution is -2.02. The van der Waals surface area contributed by atoms with Crippen LogP contribution >= 0.6 is 23.5 Å². The van der Waals surface area contributed by atoms with E-state index in [1.807, 2.05) is 18.2 Å². The van der Waals surface area contributed by atoms with Gasteiger partial charge in [-0.3, -0.25) is 0 Å². The van der Waals surface area contributed by atoms with Crippen molar-refractivity contribution in [2.75, 3.05) is 0 Å². The molecule has 6 heteroatoms. The number of aliphatic imine (C=N–C) groups is 1. The normalized spacial score (nSPS) is 13.6. The summed E-state index contributed by atoms with van der Waals surface area (Å²) in [7, 11) is 0. The molecule has 2 heterocycles. The van der Waals surface area contributed by atoms with E-state index < -0.39 is 5.63 Å². The number of fused-ring (bicyclic) bond motifs is 2. The van der Waals surface area contributed by atoms with Crippen LogP contribution in [0.15, 0.2) is 56.7 Å². The molecule has 1 aliphatic rings. The molecule has 0 fully saturated rings. The van der Waals surface area contributed by atoms with Crippen molar-refractivity contribution in [1.82, 2.24) is 0 Å². The number of nitrogens with zero attached hydrogens (tertiary/aromatic N) is 1. The van der Waals surface area contributed by atoms with Crippen LogP contribution in [-0.2, 0) is 11.5 Å². The Bertz CT molecular complexity index is 1060. The summed E-state index contributed by atoms with van der Waals surface area (Å²) in [6.45, 7) is 1.75. The molecular weight excluding hydrogens is 354 g/mol. The minimum atomic E-state index is -0.402. The second kappa shape index (κ2) is 6.61. The van der Waals surface area contributed by atoms with E-state index >= 15 is 0 Å². The van der Waals surface area contributed by atoms with E-state index in [4.69, 9.17) is 9.41 Å². The third-order valence-corrected chi connectivity index (χ3v) is 6.42. The van der Waals surface area contributed by atoms with E-state index in [1.165, 1.54) is 11.6 Å². The summed E-state index contributed by atoms with van der Waals surface area (Å²) in [5.41, 5.74) is 3.78. The molecule has 3 aromatic rings. The SMILES string of the molecule is Cc1c(O)ccc2c(CSC3=Nc4ccccc4CS3)cc(=O)oc12. The predicted molar refractivity (Wildman–Crippen MR) is 105 cm³/mol. The number of para-hydroxylation sites is 1. The zero-order chi connectivity index (χ0) is 17.4. The van der Waals surface area contributed by atoms with E-state index in [1.54, 1.807) is 42.6 Å². The molecule has 0 unspecified atom stereocenters. The number of thioether (sulfide) groups is 2. The number of aromatic hydroxyl groups is 1. The van der Waals surface area contributed by atoms with Gasteiger partial charge in [0.05, 0.1) is 5.69 Å². The van der Waals surface area contributed by atoms with Gasteiger partial charge < -0.3 is 9.52 Å². The lowest BCUT2D eigenvalue weighted by atomic mass is 10.1. The first-order valence-electron chi connectivity index (χ1n) is 7.79. The fourth-order valence-electron chi connectivity index (χ4n) is 2.76. The number of benzene rings is 2. The molecule has 0 spiro atoms. The molecule has 0 atom stereocenters. The highest BCUT2D eigenvalue weighted by Gasteiger charge is 2.15. The van der Waals surface area contributed by atoms with E-state index in [-0.39, 0.29) is 5.75 Å². The quantitative estimate of drug-likeness (QED) is 0.646. The molecule has 0 saturated carbocycles. The van der Waals surface area contributed by atoms with Crippen molar-refractivity contribution < 1.29 is 9.52 Å². The number of hydrogen-bond acceptors (Lipinski definition) is 6. The van der Waals surface area contributed by atoms with E-state index in [0.717, 1.165) is 26.8 Å². The third-order valence-electron chi connectivity index (χ3n) is 4.12. The number of hydrogen-bond donors (Lipinski definition) is 1. The van der Waals surface area contributed by atoms with Crippen LogP contribution < -0.4 is 5.63 Å². The van der Waals surface area contributed by atoms with Crippen molar-refractivity contribution in [3.63, 3.8) is 0 Å². The average Bonchev–Trinajstić information content (AvgIpc) is 2.63. The molecule has 4 nitrogen and oxygen atoms in total. The maximum absolute atomic E-state index is 11.9. The molecule has 4 rings (SSSR count). The second-order valence-electron chi connectivity index (χ2n) is 5.76. The molecule has 2 aromatic carbocycles. The standard InChI is InChI=1S/C19H15NO3S2/c1-11-16(21)7-6-14-13(8-17(22)23-18(11)14)10-25-19-20-15-5-3-2-4-12(15)9-24-19/h2-8,21H,9-10H2,1H3. The Hall–Kier alpha value is -2.18. The Kier molecular flexibility index (Phi) is 4.31. The van der Waals surface area contributed by atoms with Crippen LogP contribution in [0.1, 0.15) is 16.7 Å². The van der Waals surface area contributed by atoms with Gasteiger partial charge in [-0.2, -0.15) is 0 Å². The van der Waals surface area contributed by atoms with Crippen molar-refractivity contribution in [2.45, 2.75) is 18.4 Å². The molecule has 1 N–H and O–H groups in total. The highest BCUT2D eigenvalue weighted by molar-refractivity contribution is 8.38. The van der Waals surface area contributed by atoms with Crippen LogP contribution in [0.25, 0.3) is 11.0 Å².